The molecular formula is C9H18O4. The number of ether oxygens (including phenoxy) is 3. The predicted octanol–water partition coefficient (Wildman–Crippen LogP) is 2.32. The Kier molecular flexibility index (Phi) is 7.39. The fraction of sp³-hybridized carbons (Fsp3) is 0.889. The molecule has 13 heavy (non-hydrogen) atoms. The maximum Gasteiger partial charge on any atom is 0.510 e. The van der Waals surface area contributed by atoms with Crippen LogP contribution in [0.25, 0.3) is 0 Å². The highest BCUT2D eigenvalue weighted by Crippen LogP contribution is 2.02. The summed E-state index contributed by atoms with van der Waals surface area (Å²) in [4.78, 5) is 10.9. The molecule has 1 unspecified atom stereocenters. The Morgan fingerprint density at radius 1 is 1.38 bits per heavy atom. The van der Waals surface area contributed by atoms with E-state index in [1.807, 2.05) is 20.8 Å². The van der Waals surface area contributed by atoms with E-state index in [2.05, 4.69) is 4.74 Å². The van der Waals surface area contributed by atoms with Crippen molar-refractivity contribution in [2.75, 3.05) is 13.4 Å². The van der Waals surface area contributed by atoms with Crippen LogP contribution in [0.3, 0.4) is 0 Å². The monoisotopic (exact) mass is 190 g/mol. The van der Waals surface area contributed by atoms with Crippen LogP contribution in [0.1, 0.15) is 33.6 Å². The summed E-state index contributed by atoms with van der Waals surface area (Å²) in [5.41, 5.74) is 0. The lowest BCUT2D eigenvalue weighted by Gasteiger charge is -2.11. The van der Waals surface area contributed by atoms with Crippen LogP contribution in [0.2, 0.25) is 0 Å². The molecular weight excluding hydrogens is 172 g/mol. The van der Waals surface area contributed by atoms with E-state index in [4.69, 9.17) is 9.47 Å². The lowest BCUT2D eigenvalue weighted by atomic mass is 10.2. The van der Waals surface area contributed by atoms with Crippen LogP contribution in [0, 0.1) is 0 Å². The highest BCUT2D eigenvalue weighted by Gasteiger charge is 2.08. The molecule has 0 N–H and O–H groups in total. The molecule has 0 radical (unpaired) electrons. The minimum atomic E-state index is -0.658. The topological polar surface area (TPSA) is 44.8 Å². The van der Waals surface area contributed by atoms with Crippen LogP contribution >= 0.6 is 0 Å². The molecule has 0 amide bonds. The largest absolute Gasteiger partial charge is 0.510 e. The molecule has 0 aromatic rings. The minimum absolute atomic E-state index is 0.0336. The number of carbonyl (C=O) groups is 1. The van der Waals surface area contributed by atoms with Crippen molar-refractivity contribution in [3.63, 3.8) is 0 Å². The molecule has 0 saturated carbocycles. The third-order valence-electron chi connectivity index (χ3n) is 1.46. The predicted molar refractivity (Wildman–Crippen MR) is 48.4 cm³/mol. The lowest BCUT2D eigenvalue weighted by molar-refractivity contribution is -0.0509. The SMILES string of the molecule is CCCC(C)OC(=O)OCOCC. The van der Waals surface area contributed by atoms with E-state index in [0.717, 1.165) is 12.8 Å². The Labute approximate surface area is 79.2 Å². The summed E-state index contributed by atoms with van der Waals surface area (Å²) in [5.74, 6) is 0. The Morgan fingerprint density at radius 2 is 2.08 bits per heavy atom. The van der Waals surface area contributed by atoms with Gasteiger partial charge in [0.1, 0.15) is 6.10 Å². The first-order chi connectivity index (χ1) is 6.20. The second-order valence-electron chi connectivity index (χ2n) is 2.72. The van der Waals surface area contributed by atoms with Crippen LogP contribution in [0.4, 0.5) is 4.79 Å². The van der Waals surface area contributed by atoms with Gasteiger partial charge in [-0.05, 0) is 20.3 Å². The third-order valence-corrected chi connectivity index (χ3v) is 1.46. The molecule has 0 bridgehead atoms. The standard InChI is InChI=1S/C9H18O4/c1-4-6-8(3)13-9(10)12-7-11-5-2/h8H,4-7H2,1-3H3. The van der Waals surface area contributed by atoms with Crippen molar-refractivity contribution < 1.29 is 19.0 Å². The summed E-state index contributed by atoms with van der Waals surface area (Å²) in [6, 6.07) is 0. The van der Waals surface area contributed by atoms with Crippen LogP contribution in [0.15, 0.2) is 0 Å². The minimum Gasteiger partial charge on any atom is -0.431 e. The van der Waals surface area contributed by atoms with Crippen molar-refractivity contribution in [3.8, 4) is 0 Å². The molecule has 4 nitrogen and oxygen atoms in total. The number of carbonyl (C=O) groups excluding carboxylic acids is 1. The van der Waals surface area contributed by atoms with Gasteiger partial charge in [0.25, 0.3) is 0 Å². The van der Waals surface area contributed by atoms with E-state index in [9.17, 15) is 4.79 Å². The first-order valence-corrected chi connectivity index (χ1v) is 4.61. The smallest absolute Gasteiger partial charge is 0.431 e. The highest BCUT2D eigenvalue weighted by molar-refractivity contribution is 5.59. The average molecular weight is 190 g/mol. The maximum atomic E-state index is 10.9. The van der Waals surface area contributed by atoms with Crippen molar-refractivity contribution in [2.45, 2.75) is 39.7 Å². The van der Waals surface area contributed by atoms with Crippen molar-refractivity contribution in [2.24, 2.45) is 0 Å². The summed E-state index contributed by atoms with van der Waals surface area (Å²) < 4.78 is 14.3. The molecule has 1 atom stereocenters. The molecule has 0 aliphatic carbocycles. The Morgan fingerprint density at radius 3 is 2.62 bits per heavy atom. The Balaban J connectivity index is 3.38. The summed E-state index contributed by atoms with van der Waals surface area (Å²) >= 11 is 0. The van der Waals surface area contributed by atoms with Crippen molar-refractivity contribution in [1.29, 1.82) is 0 Å². The quantitative estimate of drug-likeness (QED) is 0.366. The first-order valence-electron chi connectivity index (χ1n) is 4.61. The van der Waals surface area contributed by atoms with Crippen LogP contribution < -0.4 is 0 Å². The van der Waals surface area contributed by atoms with Crippen LogP contribution in [0.5, 0.6) is 0 Å². The molecule has 78 valence electrons. The van der Waals surface area contributed by atoms with Crippen molar-refractivity contribution >= 4 is 6.16 Å². The molecule has 0 aliphatic heterocycles. The second kappa shape index (κ2) is 7.86. The second-order valence-corrected chi connectivity index (χ2v) is 2.72. The van der Waals surface area contributed by atoms with Crippen molar-refractivity contribution in [3.05, 3.63) is 0 Å². The van der Waals surface area contributed by atoms with Crippen LogP contribution in [-0.2, 0) is 14.2 Å². The number of hydrogen-bond acceptors (Lipinski definition) is 4. The average Bonchev–Trinajstić information content (AvgIpc) is 2.05. The summed E-state index contributed by atoms with van der Waals surface area (Å²) in [6.45, 7) is 6.19. The zero-order valence-electron chi connectivity index (χ0n) is 8.54. The third kappa shape index (κ3) is 7.59. The normalized spacial score (nSPS) is 12.2. The molecule has 4 heteroatoms. The molecule has 0 heterocycles. The fourth-order valence-corrected chi connectivity index (χ4v) is 0.837. The van der Waals surface area contributed by atoms with Gasteiger partial charge in [-0.25, -0.2) is 4.79 Å². The van der Waals surface area contributed by atoms with Gasteiger partial charge in [0.05, 0.1) is 0 Å². The van der Waals surface area contributed by atoms with E-state index in [1.165, 1.54) is 0 Å². The molecule has 0 aliphatic rings. The number of hydrogen-bond donors (Lipinski definition) is 0. The van der Waals surface area contributed by atoms with Crippen LogP contribution in [-0.4, -0.2) is 25.7 Å². The van der Waals surface area contributed by atoms with E-state index in [1.54, 1.807) is 0 Å². The molecule has 0 aromatic carbocycles. The van der Waals surface area contributed by atoms with Crippen molar-refractivity contribution in [1.82, 2.24) is 0 Å². The van der Waals surface area contributed by atoms with Gasteiger partial charge < -0.3 is 14.2 Å². The fourth-order valence-electron chi connectivity index (χ4n) is 0.837. The van der Waals surface area contributed by atoms with E-state index in [-0.39, 0.29) is 12.9 Å². The van der Waals surface area contributed by atoms with E-state index in [0.29, 0.717) is 6.61 Å². The summed E-state index contributed by atoms with van der Waals surface area (Å²) in [5, 5.41) is 0. The molecule has 0 spiro atoms. The summed E-state index contributed by atoms with van der Waals surface area (Å²) in [7, 11) is 0. The van der Waals surface area contributed by atoms with Gasteiger partial charge >= 0.3 is 6.16 Å². The van der Waals surface area contributed by atoms with E-state index < -0.39 is 6.16 Å². The molecule has 0 fully saturated rings. The van der Waals surface area contributed by atoms with Gasteiger partial charge in [-0.2, -0.15) is 0 Å². The number of rotatable bonds is 6. The first kappa shape index (κ1) is 12.2. The maximum absolute atomic E-state index is 10.9. The van der Waals surface area contributed by atoms with Gasteiger partial charge in [0.15, 0.2) is 6.79 Å². The Hall–Kier alpha value is -0.770. The molecule has 0 aromatic heterocycles. The van der Waals surface area contributed by atoms with Gasteiger partial charge in [0, 0.05) is 6.61 Å². The highest BCUT2D eigenvalue weighted by atomic mass is 16.8. The van der Waals surface area contributed by atoms with Gasteiger partial charge in [0.2, 0.25) is 0 Å². The van der Waals surface area contributed by atoms with E-state index >= 15 is 0 Å². The van der Waals surface area contributed by atoms with Gasteiger partial charge in [-0.3, -0.25) is 0 Å². The zero-order chi connectivity index (χ0) is 10.1. The Bertz CT molecular complexity index is 136. The molecule has 0 rings (SSSR count). The molecule has 0 saturated heterocycles. The zero-order valence-corrected chi connectivity index (χ0v) is 8.54. The summed E-state index contributed by atoms with van der Waals surface area (Å²) in [6.07, 6.45) is 1.09. The van der Waals surface area contributed by atoms with Gasteiger partial charge in [-0.15, -0.1) is 0 Å². The lowest BCUT2D eigenvalue weighted by Crippen LogP contribution is -2.17. The van der Waals surface area contributed by atoms with Gasteiger partial charge in [-0.1, -0.05) is 13.3 Å².